The van der Waals surface area contributed by atoms with Crippen LogP contribution in [0.15, 0.2) is 12.7 Å². The molecule has 0 unspecified atom stereocenters. The number of quaternary nitrogens is 1. The molecule has 0 saturated carbocycles. The number of esters is 1. The Morgan fingerprint density at radius 1 is 1.42 bits per heavy atom. The molecular weight excluding hydrogens is 158 g/mol. The van der Waals surface area contributed by atoms with Gasteiger partial charge in [-0.2, -0.15) is 4.65 Å². The molecule has 0 heterocycles. The molecule has 0 fully saturated rings. The van der Waals surface area contributed by atoms with Gasteiger partial charge >= 0.3 is 5.97 Å². The van der Waals surface area contributed by atoms with E-state index in [2.05, 4.69) is 6.58 Å². The molecular formula is C8H16NO3+. The van der Waals surface area contributed by atoms with E-state index in [0.717, 1.165) is 6.08 Å². The van der Waals surface area contributed by atoms with Gasteiger partial charge in [-0.1, -0.05) is 6.58 Å². The second-order valence-corrected chi connectivity index (χ2v) is 3.09. The largest absolute Gasteiger partial charge is 0.460 e. The Balaban J connectivity index is 3.34. The quantitative estimate of drug-likeness (QED) is 0.198. The lowest BCUT2D eigenvalue weighted by Crippen LogP contribution is -2.35. The van der Waals surface area contributed by atoms with Crippen LogP contribution in [0.25, 0.3) is 0 Å². The van der Waals surface area contributed by atoms with Gasteiger partial charge in [0, 0.05) is 6.08 Å². The molecule has 0 rings (SSSR count). The van der Waals surface area contributed by atoms with E-state index in [1.54, 1.807) is 0 Å². The Kier molecular flexibility index (Phi) is 4.54. The molecule has 0 amide bonds. The Bertz CT molecular complexity index is 160. The van der Waals surface area contributed by atoms with E-state index in [9.17, 15) is 4.79 Å². The van der Waals surface area contributed by atoms with Gasteiger partial charge in [-0.15, -0.1) is 0 Å². The molecule has 0 aliphatic carbocycles. The maximum Gasteiger partial charge on any atom is 0.330 e. The van der Waals surface area contributed by atoms with Gasteiger partial charge in [0.1, 0.15) is 13.2 Å². The third-order valence-electron chi connectivity index (χ3n) is 0.973. The number of rotatable bonds is 5. The van der Waals surface area contributed by atoms with Crippen molar-refractivity contribution in [1.82, 2.24) is 0 Å². The highest BCUT2D eigenvalue weighted by Crippen LogP contribution is 1.91. The van der Waals surface area contributed by atoms with E-state index < -0.39 is 5.97 Å². The summed E-state index contributed by atoms with van der Waals surface area (Å²) in [5.41, 5.74) is 0. The average Bonchev–Trinajstić information content (AvgIpc) is 1.96. The van der Waals surface area contributed by atoms with E-state index in [0.29, 0.717) is 11.3 Å². The number of nitrogens with zero attached hydrogens (tertiary/aromatic N) is 1. The van der Waals surface area contributed by atoms with Crippen LogP contribution in [0, 0.1) is 0 Å². The summed E-state index contributed by atoms with van der Waals surface area (Å²) in [5.74, 6) is -0.417. The van der Waals surface area contributed by atoms with E-state index in [1.807, 2.05) is 21.1 Å². The van der Waals surface area contributed by atoms with Crippen molar-refractivity contribution in [2.24, 2.45) is 0 Å². The van der Waals surface area contributed by atoms with Gasteiger partial charge in [-0.3, -0.25) is 0 Å². The SMILES string of the molecule is C=CC(=O)OCCO[N+](C)(C)C. The van der Waals surface area contributed by atoms with Crippen LogP contribution in [0.2, 0.25) is 0 Å². The fourth-order valence-corrected chi connectivity index (χ4v) is 0.512. The molecule has 12 heavy (non-hydrogen) atoms. The van der Waals surface area contributed by atoms with Crippen LogP contribution >= 0.6 is 0 Å². The Morgan fingerprint density at radius 2 is 2.00 bits per heavy atom. The zero-order valence-electron chi connectivity index (χ0n) is 7.87. The first-order valence-corrected chi connectivity index (χ1v) is 3.71. The van der Waals surface area contributed by atoms with Crippen LogP contribution < -0.4 is 0 Å². The maximum atomic E-state index is 10.5. The monoisotopic (exact) mass is 174 g/mol. The first-order chi connectivity index (χ1) is 5.45. The van der Waals surface area contributed by atoms with Crippen molar-refractivity contribution < 1.29 is 19.0 Å². The molecule has 0 radical (unpaired) electrons. The number of hydrogen-bond donors (Lipinski definition) is 0. The fraction of sp³-hybridized carbons (Fsp3) is 0.625. The minimum absolute atomic E-state index is 0.264. The Morgan fingerprint density at radius 3 is 2.42 bits per heavy atom. The molecule has 0 saturated heterocycles. The molecule has 0 aliphatic heterocycles. The summed E-state index contributed by atoms with van der Waals surface area (Å²) >= 11 is 0. The van der Waals surface area contributed by atoms with Gasteiger partial charge in [0.25, 0.3) is 0 Å². The zero-order valence-corrected chi connectivity index (χ0v) is 7.87. The van der Waals surface area contributed by atoms with Gasteiger partial charge in [0.2, 0.25) is 0 Å². The molecule has 0 spiro atoms. The standard InChI is InChI=1S/C8H16NO3/c1-5-8(10)11-6-7-12-9(2,3)4/h5H,1,6-7H2,2-4H3/q+1. The summed E-state index contributed by atoms with van der Waals surface area (Å²) in [6.07, 6.45) is 1.13. The van der Waals surface area contributed by atoms with Crippen LogP contribution in [0.4, 0.5) is 0 Å². The van der Waals surface area contributed by atoms with Crippen molar-refractivity contribution in [3.05, 3.63) is 12.7 Å². The summed E-state index contributed by atoms with van der Waals surface area (Å²) in [4.78, 5) is 15.8. The molecule has 0 aromatic carbocycles. The first kappa shape index (κ1) is 11.1. The second kappa shape index (κ2) is 4.90. The number of hydrogen-bond acceptors (Lipinski definition) is 3. The highest BCUT2D eigenvalue weighted by Gasteiger charge is 2.07. The molecule has 4 heteroatoms. The molecule has 0 aromatic rings. The smallest absolute Gasteiger partial charge is 0.330 e. The fourth-order valence-electron chi connectivity index (χ4n) is 0.512. The summed E-state index contributed by atoms with van der Waals surface area (Å²) in [6.45, 7) is 3.93. The van der Waals surface area contributed by atoms with E-state index in [4.69, 9.17) is 9.57 Å². The van der Waals surface area contributed by atoms with Gasteiger partial charge < -0.3 is 4.74 Å². The van der Waals surface area contributed by atoms with Gasteiger partial charge in [-0.05, 0) is 0 Å². The molecule has 0 N–H and O–H groups in total. The zero-order chi connectivity index (χ0) is 9.61. The summed E-state index contributed by atoms with van der Waals surface area (Å²) in [7, 11) is 5.65. The first-order valence-electron chi connectivity index (χ1n) is 3.71. The van der Waals surface area contributed by atoms with Crippen molar-refractivity contribution in [2.45, 2.75) is 0 Å². The number of hydroxylamine groups is 3. The molecule has 0 aromatic heterocycles. The van der Waals surface area contributed by atoms with Crippen molar-refractivity contribution in [3.8, 4) is 0 Å². The highest BCUT2D eigenvalue weighted by atomic mass is 16.7. The summed E-state index contributed by atoms with van der Waals surface area (Å²) in [5, 5.41) is 0. The number of ether oxygens (including phenoxy) is 1. The molecule has 0 bridgehead atoms. The predicted molar refractivity (Wildman–Crippen MR) is 45.1 cm³/mol. The van der Waals surface area contributed by atoms with E-state index in [1.165, 1.54) is 0 Å². The summed E-state index contributed by atoms with van der Waals surface area (Å²) < 4.78 is 5.09. The van der Waals surface area contributed by atoms with E-state index in [-0.39, 0.29) is 6.61 Å². The minimum atomic E-state index is -0.417. The van der Waals surface area contributed by atoms with Crippen LogP contribution in [0.5, 0.6) is 0 Å². The van der Waals surface area contributed by atoms with E-state index >= 15 is 0 Å². The van der Waals surface area contributed by atoms with Crippen LogP contribution in [0.1, 0.15) is 0 Å². The van der Waals surface area contributed by atoms with Crippen molar-refractivity contribution in [2.75, 3.05) is 34.4 Å². The summed E-state index contributed by atoms with van der Waals surface area (Å²) in [6, 6.07) is 0. The van der Waals surface area contributed by atoms with Crippen LogP contribution in [-0.4, -0.2) is 45.0 Å². The Hall–Kier alpha value is -0.870. The third-order valence-corrected chi connectivity index (χ3v) is 0.973. The lowest BCUT2D eigenvalue weighted by Gasteiger charge is -2.20. The van der Waals surface area contributed by atoms with Crippen LogP contribution in [-0.2, 0) is 14.4 Å². The average molecular weight is 174 g/mol. The Labute approximate surface area is 72.9 Å². The molecule has 4 nitrogen and oxygen atoms in total. The van der Waals surface area contributed by atoms with Gasteiger partial charge in [0.15, 0.2) is 0 Å². The predicted octanol–water partition coefficient (Wildman–Crippen LogP) is 0.353. The molecule has 70 valence electrons. The molecule has 0 aliphatic rings. The van der Waals surface area contributed by atoms with Crippen LogP contribution in [0.3, 0.4) is 0 Å². The third kappa shape index (κ3) is 7.24. The highest BCUT2D eigenvalue weighted by molar-refractivity contribution is 5.81. The topological polar surface area (TPSA) is 35.5 Å². The lowest BCUT2D eigenvalue weighted by molar-refractivity contribution is -1.06. The van der Waals surface area contributed by atoms with Crippen molar-refractivity contribution in [1.29, 1.82) is 0 Å². The number of carbonyl (C=O) groups excluding carboxylic acids is 1. The van der Waals surface area contributed by atoms with Gasteiger partial charge in [0.05, 0.1) is 21.1 Å². The second-order valence-electron chi connectivity index (χ2n) is 3.09. The van der Waals surface area contributed by atoms with Crippen molar-refractivity contribution >= 4 is 5.97 Å². The maximum absolute atomic E-state index is 10.5. The van der Waals surface area contributed by atoms with Gasteiger partial charge in [-0.25, -0.2) is 9.63 Å². The number of carbonyl (C=O) groups is 1. The molecule has 0 atom stereocenters. The normalized spacial score (nSPS) is 10.9. The minimum Gasteiger partial charge on any atom is -0.460 e. The van der Waals surface area contributed by atoms with Crippen molar-refractivity contribution in [3.63, 3.8) is 0 Å². The lowest BCUT2D eigenvalue weighted by atomic mass is 10.6.